The fraction of sp³-hybridized carbons (Fsp3) is 0.455. The third-order valence-electron chi connectivity index (χ3n) is 5.43. The molecule has 2 saturated heterocycles. The Kier molecular flexibility index (Phi) is 5.97. The van der Waals surface area contributed by atoms with Crippen LogP contribution in [0.25, 0.3) is 0 Å². The van der Waals surface area contributed by atoms with Crippen LogP contribution in [0.4, 0.5) is 0 Å². The summed E-state index contributed by atoms with van der Waals surface area (Å²) in [5.74, 6) is 3.56. The minimum Gasteiger partial charge on any atom is -0.473 e. The number of carbonyl (C=O) groups is 1. The molecule has 2 aliphatic heterocycles. The van der Waals surface area contributed by atoms with Crippen molar-refractivity contribution < 1.29 is 9.53 Å². The first-order valence-electron chi connectivity index (χ1n) is 9.81. The number of pyridine rings is 1. The molecule has 2 fully saturated rings. The molecule has 0 radical (unpaired) electrons. The molecule has 0 bridgehead atoms. The number of hydrogen-bond acceptors (Lipinski definition) is 4. The van der Waals surface area contributed by atoms with Crippen molar-refractivity contribution in [1.29, 1.82) is 0 Å². The van der Waals surface area contributed by atoms with E-state index in [1.807, 2.05) is 28.8 Å². The highest BCUT2D eigenvalue weighted by atomic mass is 32.2. The predicted octanol–water partition coefficient (Wildman–Crippen LogP) is 4.06. The van der Waals surface area contributed by atoms with Crippen LogP contribution in [0.5, 0.6) is 5.88 Å². The minimum absolute atomic E-state index is 0.0867. The largest absolute Gasteiger partial charge is 0.473 e. The number of ether oxygens (including phenoxy) is 1. The van der Waals surface area contributed by atoms with Crippen molar-refractivity contribution in [3.63, 3.8) is 0 Å². The van der Waals surface area contributed by atoms with Crippen LogP contribution in [-0.2, 0) is 6.42 Å². The van der Waals surface area contributed by atoms with Crippen LogP contribution in [0.1, 0.15) is 35.2 Å². The maximum atomic E-state index is 12.8. The van der Waals surface area contributed by atoms with Crippen LogP contribution in [0.15, 0.2) is 48.7 Å². The van der Waals surface area contributed by atoms with Gasteiger partial charge in [0.2, 0.25) is 5.88 Å². The van der Waals surface area contributed by atoms with E-state index in [1.54, 1.807) is 6.20 Å². The van der Waals surface area contributed by atoms with E-state index in [2.05, 4.69) is 35.3 Å². The number of amides is 1. The second kappa shape index (κ2) is 8.79. The summed E-state index contributed by atoms with van der Waals surface area (Å²) in [5.41, 5.74) is 2.05. The lowest BCUT2D eigenvalue weighted by molar-refractivity contribution is 0.0690. The highest BCUT2D eigenvalue weighted by Gasteiger charge is 2.24. The number of piperidine rings is 1. The van der Waals surface area contributed by atoms with E-state index in [1.165, 1.54) is 5.56 Å². The molecule has 3 heterocycles. The minimum atomic E-state index is 0.0867. The van der Waals surface area contributed by atoms with Crippen LogP contribution < -0.4 is 4.74 Å². The average Bonchev–Trinajstić information content (AvgIpc) is 3.22. The van der Waals surface area contributed by atoms with E-state index in [-0.39, 0.29) is 12.0 Å². The Morgan fingerprint density at radius 2 is 1.93 bits per heavy atom. The van der Waals surface area contributed by atoms with Gasteiger partial charge in [0.25, 0.3) is 5.91 Å². The van der Waals surface area contributed by atoms with Crippen molar-refractivity contribution in [1.82, 2.24) is 9.88 Å². The number of likely N-dealkylation sites (tertiary alicyclic amines) is 1. The lowest BCUT2D eigenvalue weighted by Crippen LogP contribution is -2.39. The van der Waals surface area contributed by atoms with Gasteiger partial charge in [0, 0.05) is 31.1 Å². The number of carbonyl (C=O) groups excluding carboxylic acids is 1. The van der Waals surface area contributed by atoms with Crippen LogP contribution in [0.2, 0.25) is 0 Å². The Balaban J connectivity index is 1.28. The summed E-state index contributed by atoms with van der Waals surface area (Å²) in [6.45, 7) is 1.65. The van der Waals surface area contributed by atoms with Crippen molar-refractivity contribution in [2.45, 2.75) is 31.8 Å². The van der Waals surface area contributed by atoms with Crippen LogP contribution in [-0.4, -0.2) is 46.5 Å². The van der Waals surface area contributed by atoms with E-state index in [4.69, 9.17) is 4.74 Å². The quantitative estimate of drug-likeness (QED) is 0.782. The molecule has 1 unspecified atom stereocenters. The fourth-order valence-corrected chi connectivity index (χ4v) is 4.92. The summed E-state index contributed by atoms with van der Waals surface area (Å²) in [4.78, 5) is 19.1. The Bertz CT molecular complexity index is 737. The number of rotatable bonds is 5. The molecule has 0 spiro atoms. The molecule has 27 heavy (non-hydrogen) atoms. The summed E-state index contributed by atoms with van der Waals surface area (Å²) in [6.07, 6.45) is 6.23. The van der Waals surface area contributed by atoms with Gasteiger partial charge in [0.15, 0.2) is 0 Å². The van der Waals surface area contributed by atoms with E-state index >= 15 is 0 Å². The summed E-state index contributed by atoms with van der Waals surface area (Å²) in [5, 5.41) is 0. The zero-order valence-electron chi connectivity index (χ0n) is 15.5. The van der Waals surface area contributed by atoms with E-state index < -0.39 is 0 Å². The second-order valence-electron chi connectivity index (χ2n) is 7.41. The number of nitrogens with zero attached hydrogens (tertiary/aromatic N) is 2. The summed E-state index contributed by atoms with van der Waals surface area (Å²) in [7, 11) is 0. The van der Waals surface area contributed by atoms with E-state index in [9.17, 15) is 4.79 Å². The van der Waals surface area contributed by atoms with Crippen LogP contribution >= 0.6 is 11.8 Å². The Morgan fingerprint density at radius 3 is 2.59 bits per heavy atom. The van der Waals surface area contributed by atoms with Crippen molar-refractivity contribution in [3.8, 4) is 5.88 Å². The van der Waals surface area contributed by atoms with Gasteiger partial charge in [0.1, 0.15) is 6.10 Å². The molecule has 5 heteroatoms. The first kappa shape index (κ1) is 18.4. The van der Waals surface area contributed by atoms with Gasteiger partial charge in [-0.05, 0) is 49.0 Å². The number of thioether (sulfide) groups is 1. The zero-order chi connectivity index (χ0) is 18.5. The molecular formula is C22H26N2O2S. The number of hydrogen-bond donors (Lipinski definition) is 0. The first-order chi connectivity index (χ1) is 13.3. The number of aromatic nitrogens is 1. The molecule has 1 atom stereocenters. The van der Waals surface area contributed by atoms with Gasteiger partial charge in [-0.1, -0.05) is 30.3 Å². The zero-order valence-corrected chi connectivity index (χ0v) is 16.4. The van der Waals surface area contributed by atoms with Crippen molar-refractivity contribution in [2.75, 3.05) is 24.6 Å². The molecule has 1 aromatic heterocycles. The van der Waals surface area contributed by atoms with Gasteiger partial charge < -0.3 is 9.64 Å². The van der Waals surface area contributed by atoms with Gasteiger partial charge in [-0.2, -0.15) is 11.8 Å². The van der Waals surface area contributed by atoms with E-state index in [0.29, 0.717) is 17.4 Å². The summed E-state index contributed by atoms with van der Waals surface area (Å²) in [6, 6.07) is 14.3. The maximum Gasteiger partial charge on any atom is 0.255 e. The van der Waals surface area contributed by atoms with Gasteiger partial charge >= 0.3 is 0 Å². The first-order valence-corrected chi connectivity index (χ1v) is 11.0. The van der Waals surface area contributed by atoms with Gasteiger partial charge in [-0.15, -0.1) is 0 Å². The maximum absolute atomic E-state index is 12.8. The van der Waals surface area contributed by atoms with Crippen molar-refractivity contribution in [3.05, 3.63) is 59.8 Å². The molecule has 2 aromatic rings. The average molecular weight is 383 g/mol. The molecular weight excluding hydrogens is 356 g/mol. The normalized spacial score (nSPS) is 20.6. The highest BCUT2D eigenvalue weighted by molar-refractivity contribution is 7.99. The van der Waals surface area contributed by atoms with Crippen LogP contribution in [0.3, 0.4) is 0 Å². The Morgan fingerprint density at radius 1 is 1.11 bits per heavy atom. The summed E-state index contributed by atoms with van der Waals surface area (Å²) >= 11 is 1.92. The predicted molar refractivity (Wildman–Crippen MR) is 109 cm³/mol. The van der Waals surface area contributed by atoms with Gasteiger partial charge in [0.05, 0.1) is 5.56 Å². The third kappa shape index (κ3) is 4.83. The van der Waals surface area contributed by atoms with E-state index in [0.717, 1.165) is 50.3 Å². The topological polar surface area (TPSA) is 42.4 Å². The Labute approximate surface area is 165 Å². The summed E-state index contributed by atoms with van der Waals surface area (Å²) < 4.78 is 5.87. The smallest absolute Gasteiger partial charge is 0.255 e. The standard InChI is InChI=1S/C22H26N2O2S/c25-22(19-6-7-21(23-15-19)26-20-10-13-27-16-20)24-11-8-18(9-12-24)14-17-4-2-1-3-5-17/h1-7,15,18,20H,8-14,16H2. The Hall–Kier alpha value is -2.01. The van der Waals surface area contributed by atoms with Crippen molar-refractivity contribution in [2.24, 2.45) is 5.92 Å². The van der Waals surface area contributed by atoms with Gasteiger partial charge in [-0.25, -0.2) is 4.98 Å². The molecule has 142 valence electrons. The molecule has 2 aliphatic rings. The SMILES string of the molecule is O=C(c1ccc(OC2CCSC2)nc1)N1CCC(Cc2ccccc2)CC1. The lowest BCUT2D eigenvalue weighted by Gasteiger charge is -2.32. The molecule has 4 nitrogen and oxygen atoms in total. The molecule has 0 saturated carbocycles. The lowest BCUT2D eigenvalue weighted by atomic mass is 9.90. The molecule has 1 amide bonds. The number of benzene rings is 1. The fourth-order valence-electron chi connectivity index (χ4n) is 3.82. The molecule has 0 N–H and O–H groups in total. The van der Waals surface area contributed by atoms with Gasteiger partial charge in [-0.3, -0.25) is 4.79 Å². The van der Waals surface area contributed by atoms with Crippen molar-refractivity contribution >= 4 is 17.7 Å². The highest BCUT2D eigenvalue weighted by Crippen LogP contribution is 2.24. The molecule has 4 rings (SSSR count). The molecule has 0 aliphatic carbocycles. The monoisotopic (exact) mass is 382 g/mol. The van der Waals surface area contributed by atoms with Crippen LogP contribution in [0, 0.1) is 5.92 Å². The molecule has 1 aromatic carbocycles. The second-order valence-corrected chi connectivity index (χ2v) is 8.56. The third-order valence-corrected chi connectivity index (χ3v) is 6.56.